The first-order valence-corrected chi connectivity index (χ1v) is 14.9. The Morgan fingerprint density at radius 3 is 2.32 bits per heavy atom. The van der Waals surface area contributed by atoms with Gasteiger partial charge in [-0.25, -0.2) is 4.79 Å². The molecule has 37 heavy (non-hydrogen) atoms. The molecular weight excluding hydrogens is 454 g/mol. The Kier molecular flexibility index (Phi) is 12.2. The molecule has 3 nitrogen and oxygen atoms in total. The molecule has 0 amide bonds. The molecule has 0 saturated heterocycles. The molecule has 0 aromatic heterocycles. The summed E-state index contributed by atoms with van der Waals surface area (Å²) in [6.45, 7) is 6.84. The highest BCUT2D eigenvalue weighted by Crippen LogP contribution is 2.39. The Hall–Kier alpha value is -2.60. The van der Waals surface area contributed by atoms with Crippen LogP contribution in [0.15, 0.2) is 42.5 Å². The second kappa shape index (κ2) is 15.6. The van der Waals surface area contributed by atoms with Crippen LogP contribution in [0.3, 0.4) is 0 Å². The van der Waals surface area contributed by atoms with Crippen LogP contribution in [-0.4, -0.2) is 5.97 Å². The number of unbranched alkanes of at least 4 members (excludes halogenated alkanes) is 4. The van der Waals surface area contributed by atoms with Gasteiger partial charge in [0.1, 0.15) is 11.8 Å². The largest absolute Gasteiger partial charge is 0.422 e. The summed E-state index contributed by atoms with van der Waals surface area (Å²) in [5, 5.41) is 9.59. The van der Waals surface area contributed by atoms with Gasteiger partial charge < -0.3 is 4.74 Å². The fourth-order valence-electron chi connectivity index (χ4n) is 5.90. The molecule has 2 aromatic rings. The first kappa shape index (κ1) is 29.0. The minimum atomic E-state index is -0.403. The Morgan fingerprint density at radius 1 is 0.946 bits per heavy atom. The standard InChI is InChI=1S/C34H47NO2/c1-4-7-9-10-12-27-15-22-33(32(24-27)25-35)37-34(36)31-20-18-30(19-21-31)29-16-13-28(14-17-29)23-26(6-3)11-8-5-2/h15,18-22,24,26,28-29H,4-14,16-17,23H2,1-3H3. The topological polar surface area (TPSA) is 50.1 Å². The van der Waals surface area contributed by atoms with Crippen molar-refractivity contribution in [3.8, 4) is 11.8 Å². The quantitative estimate of drug-likeness (QED) is 0.147. The summed E-state index contributed by atoms with van der Waals surface area (Å²) in [6, 6.07) is 15.8. The molecule has 3 rings (SSSR count). The van der Waals surface area contributed by atoms with Crippen LogP contribution < -0.4 is 4.74 Å². The van der Waals surface area contributed by atoms with Crippen LogP contribution in [-0.2, 0) is 6.42 Å². The van der Waals surface area contributed by atoms with Gasteiger partial charge >= 0.3 is 5.97 Å². The molecule has 0 aliphatic heterocycles. The highest BCUT2D eigenvalue weighted by Gasteiger charge is 2.24. The monoisotopic (exact) mass is 501 g/mol. The van der Waals surface area contributed by atoms with Crippen LogP contribution in [0.25, 0.3) is 0 Å². The molecule has 0 N–H and O–H groups in total. The normalized spacial score (nSPS) is 18.2. The number of hydrogen-bond donors (Lipinski definition) is 0. The molecule has 0 heterocycles. The van der Waals surface area contributed by atoms with Gasteiger partial charge in [0.15, 0.2) is 0 Å². The van der Waals surface area contributed by atoms with Gasteiger partial charge in [-0.05, 0) is 98.1 Å². The minimum absolute atomic E-state index is 0.344. The third-order valence-corrected chi connectivity index (χ3v) is 8.36. The first-order chi connectivity index (χ1) is 18.1. The second-order valence-electron chi connectivity index (χ2n) is 11.1. The summed E-state index contributed by atoms with van der Waals surface area (Å²) in [4.78, 5) is 12.8. The lowest BCUT2D eigenvalue weighted by molar-refractivity contribution is 0.0734. The number of rotatable bonds is 14. The van der Waals surface area contributed by atoms with Crippen molar-refractivity contribution in [3.63, 3.8) is 0 Å². The summed E-state index contributed by atoms with van der Waals surface area (Å²) in [5.41, 5.74) is 3.41. The third kappa shape index (κ3) is 9.03. The molecule has 1 fully saturated rings. The van der Waals surface area contributed by atoms with Crippen LogP contribution in [0.4, 0.5) is 0 Å². The van der Waals surface area contributed by atoms with Crippen LogP contribution in [0.2, 0.25) is 0 Å². The van der Waals surface area contributed by atoms with Crippen molar-refractivity contribution in [2.75, 3.05) is 0 Å². The van der Waals surface area contributed by atoms with Crippen LogP contribution >= 0.6 is 0 Å². The number of aryl methyl sites for hydroxylation is 1. The molecule has 200 valence electrons. The van der Waals surface area contributed by atoms with Gasteiger partial charge in [0, 0.05) is 0 Å². The SMILES string of the molecule is CCCCCCc1ccc(OC(=O)c2ccc(C3CCC(CC(CC)CCCC)CC3)cc2)c(C#N)c1. The molecule has 1 atom stereocenters. The van der Waals surface area contributed by atoms with Crippen molar-refractivity contribution in [1.29, 1.82) is 5.26 Å². The number of ether oxygens (including phenoxy) is 1. The van der Waals surface area contributed by atoms with E-state index in [4.69, 9.17) is 4.74 Å². The summed E-state index contributed by atoms with van der Waals surface area (Å²) in [5.74, 6) is 2.31. The van der Waals surface area contributed by atoms with Crippen molar-refractivity contribution in [1.82, 2.24) is 0 Å². The molecule has 1 unspecified atom stereocenters. The highest BCUT2D eigenvalue weighted by molar-refractivity contribution is 5.91. The number of nitriles is 1. The predicted octanol–water partition coefficient (Wildman–Crippen LogP) is 9.78. The van der Waals surface area contributed by atoms with E-state index in [1.54, 1.807) is 6.07 Å². The Labute approximate surface area is 225 Å². The number of carbonyl (C=O) groups excluding carboxylic acids is 1. The molecule has 0 radical (unpaired) electrons. The fraction of sp³-hybridized carbons (Fsp3) is 0.588. The van der Waals surface area contributed by atoms with E-state index < -0.39 is 5.97 Å². The van der Waals surface area contributed by atoms with E-state index in [0.717, 1.165) is 30.2 Å². The Morgan fingerprint density at radius 2 is 1.68 bits per heavy atom. The van der Waals surface area contributed by atoms with E-state index in [-0.39, 0.29) is 0 Å². The number of hydrogen-bond acceptors (Lipinski definition) is 3. The zero-order chi connectivity index (χ0) is 26.5. The lowest BCUT2D eigenvalue weighted by Gasteiger charge is -2.31. The van der Waals surface area contributed by atoms with Gasteiger partial charge in [-0.15, -0.1) is 0 Å². The number of benzene rings is 2. The molecule has 1 saturated carbocycles. The molecular formula is C34H47NO2. The summed E-state index contributed by atoms with van der Waals surface area (Å²) in [7, 11) is 0. The maximum absolute atomic E-state index is 12.8. The van der Waals surface area contributed by atoms with Crippen molar-refractivity contribution >= 4 is 5.97 Å². The Bertz CT molecular complexity index is 995. The molecule has 2 aromatic carbocycles. The van der Waals surface area contributed by atoms with Gasteiger partial charge in [-0.3, -0.25) is 0 Å². The molecule has 1 aliphatic rings. The van der Waals surface area contributed by atoms with Crippen molar-refractivity contribution < 1.29 is 9.53 Å². The summed E-state index contributed by atoms with van der Waals surface area (Å²) in [6.07, 6.45) is 17.6. The number of esters is 1. The molecule has 1 aliphatic carbocycles. The number of carbonyl (C=O) groups is 1. The second-order valence-corrected chi connectivity index (χ2v) is 11.1. The van der Waals surface area contributed by atoms with E-state index >= 15 is 0 Å². The minimum Gasteiger partial charge on any atom is -0.422 e. The fourth-order valence-corrected chi connectivity index (χ4v) is 5.90. The molecule has 0 bridgehead atoms. The van der Waals surface area contributed by atoms with E-state index in [2.05, 4.69) is 39.0 Å². The highest BCUT2D eigenvalue weighted by atomic mass is 16.5. The van der Waals surface area contributed by atoms with E-state index in [0.29, 0.717) is 22.8 Å². The first-order valence-electron chi connectivity index (χ1n) is 14.9. The van der Waals surface area contributed by atoms with Gasteiger partial charge in [0.2, 0.25) is 0 Å². The Balaban J connectivity index is 1.52. The van der Waals surface area contributed by atoms with Crippen LogP contribution in [0, 0.1) is 23.2 Å². The average molecular weight is 502 g/mol. The summed E-state index contributed by atoms with van der Waals surface area (Å²) >= 11 is 0. The average Bonchev–Trinajstić information content (AvgIpc) is 2.94. The maximum atomic E-state index is 12.8. The van der Waals surface area contributed by atoms with Crippen molar-refractivity contribution in [2.24, 2.45) is 11.8 Å². The zero-order valence-corrected chi connectivity index (χ0v) is 23.4. The van der Waals surface area contributed by atoms with Crippen LogP contribution in [0.5, 0.6) is 5.75 Å². The lowest BCUT2D eigenvalue weighted by Crippen LogP contribution is -2.17. The maximum Gasteiger partial charge on any atom is 0.343 e. The van der Waals surface area contributed by atoms with Gasteiger partial charge in [-0.1, -0.05) is 83.9 Å². The number of nitrogens with zero attached hydrogens (tertiary/aromatic N) is 1. The van der Waals surface area contributed by atoms with Gasteiger partial charge in [0.05, 0.1) is 11.1 Å². The van der Waals surface area contributed by atoms with Gasteiger partial charge in [-0.2, -0.15) is 5.26 Å². The van der Waals surface area contributed by atoms with Gasteiger partial charge in [0.25, 0.3) is 0 Å². The van der Waals surface area contributed by atoms with Crippen molar-refractivity contribution in [3.05, 3.63) is 64.7 Å². The smallest absolute Gasteiger partial charge is 0.343 e. The predicted molar refractivity (Wildman–Crippen MR) is 153 cm³/mol. The third-order valence-electron chi connectivity index (χ3n) is 8.36. The van der Waals surface area contributed by atoms with E-state index in [1.165, 1.54) is 82.6 Å². The molecule has 3 heteroatoms. The van der Waals surface area contributed by atoms with Crippen molar-refractivity contribution in [2.45, 2.75) is 117 Å². The van der Waals surface area contributed by atoms with E-state index in [1.807, 2.05) is 24.3 Å². The summed E-state index contributed by atoms with van der Waals surface area (Å²) < 4.78 is 5.63. The zero-order valence-electron chi connectivity index (χ0n) is 23.4. The van der Waals surface area contributed by atoms with E-state index in [9.17, 15) is 10.1 Å². The lowest BCUT2D eigenvalue weighted by atomic mass is 9.75. The van der Waals surface area contributed by atoms with Crippen LogP contribution in [0.1, 0.15) is 137 Å². The molecule has 0 spiro atoms.